The van der Waals surface area contributed by atoms with Gasteiger partial charge in [-0.25, -0.2) is 9.59 Å². The van der Waals surface area contributed by atoms with Crippen LogP contribution < -0.4 is 5.32 Å². The Morgan fingerprint density at radius 1 is 0.882 bits per heavy atom. The molecule has 34 heavy (non-hydrogen) atoms. The molecule has 1 atom stereocenters. The van der Waals surface area contributed by atoms with Crippen molar-refractivity contribution in [2.24, 2.45) is 0 Å². The van der Waals surface area contributed by atoms with E-state index in [9.17, 15) is 14.7 Å². The molecule has 0 unspecified atom stereocenters. The van der Waals surface area contributed by atoms with Crippen molar-refractivity contribution in [1.82, 2.24) is 5.32 Å². The summed E-state index contributed by atoms with van der Waals surface area (Å²) < 4.78 is 6.50. The molecule has 5 rings (SSSR count). The Kier molecular flexibility index (Phi) is 6.07. The zero-order valence-electron chi connectivity index (χ0n) is 18.2. The van der Waals surface area contributed by atoms with Crippen LogP contribution in [0.1, 0.15) is 22.6 Å². The molecule has 0 spiro atoms. The summed E-state index contributed by atoms with van der Waals surface area (Å²) in [5.74, 6) is -1.19. The van der Waals surface area contributed by atoms with Crippen LogP contribution in [0.4, 0.5) is 4.79 Å². The number of carboxylic acids is 1. The van der Waals surface area contributed by atoms with Gasteiger partial charge < -0.3 is 15.2 Å². The number of hydrogen-bond donors (Lipinski definition) is 2. The summed E-state index contributed by atoms with van der Waals surface area (Å²) in [5.41, 5.74) is 5.31. The molecule has 0 heterocycles. The zero-order chi connectivity index (χ0) is 23.7. The average molecular weight is 516 g/mol. The van der Waals surface area contributed by atoms with Crippen LogP contribution in [0.15, 0.2) is 89.4 Å². The summed E-state index contributed by atoms with van der Waals surface area (Å²) in [4.78, 5) is 24.4. The van der Waals surface area contributed by atoms with E-state index in [1.807, 2.05) is 72.8 Å². The lowest BCUT2D eigenvalue weighted by molar-refractivity contribution is -0.139. The molecular weight excluding hydrogens is 494 g/mol. The summed E-state index contributed by atoms with van der Waals surface area (Å²) in [6.45, 7) is 0.136. The van der Waals surface area contributed by atoms with Crippen LogP contribution in [0, 0.1) is 0 Å². The molecule has 0 saturated heterocycles. The fourth-order valence-corrected chi connectivity index (χ4v) is 4.99. The Bertz CT molecular complexity index is 1350. The second-order valence-electron chi connectivity index (χ2n) is 8.39. The van der Waals surface area contributed by atoms with Crippen molar-refractivity contribution in [3.8, 4) is 11.1 Å². The summed E-state index contributed by atoms with van der Waals surface area (Å²) >= 11 is 3.46. The molecule has 2 N–H and O–H groups in total. The van der Waals surface area contributed by atoms with Crippen LogP contribution >= 0.6 is 15.9 Å². The average Bonchev–Trinajstić information content (AvgIpc) is 3.16. The molecule has 4 aromatic carbocycles. The molecule has 5 nitrogen and oxygen atoms in total. The van der Waals surface area contributed by atoms with Gasteiger partial charge in [0.2, 0.25) is 0 Å². The lowest BCUT2D eigenvalue weighted by atomic mass is 9.98. The van der Waals surface area contributed by atoms with Gasteiger partial charge in [-0.3, -0.25) is 0 Å². The first kappa shape index (κ1) is 22.2. The predicted octanol–water partition coefficient (Wildman–Crippen LogP) is 6.14. The number of nitrogens with one attached hydrogen (secondary N) is 1. The first-order valence-corrected chi connectivity index (χ1v) is 11.8. The van der Waals surface area contributed by atoms with Crippen LogP contribution in [0.5, 0.6) is 0 Å². The van der Waals surface area contributed by atoms with E-state index in [4.69, 9.17) is 4.74 Å². The topological polar surface area (TPSA) is 75.6 Å². The van der Waals surface area contributed by atoms with E-state index in [1.165, 1.54) is 0 Å². The molecule has 4 aromatic rings. The Labute approximate surface area is 205 Å². The number of rotatable bonds is 6. The molecule has 0 aliphatic heterocycles. The van der Waals surface area contributed by atoms with Crippen LogP contribution in [-0.4, -0.2) is 29.8 Å². The third-order valence-electron chi connectivity index (χ3n) is 6.24. The van der Waals surface area contributed by atoms with Gasteiger partial charge in [0, 0.05) is 16.8 Å². The van der Waals surface area contributed by atoms with Gasteiger partial charge in [-0.15, -0.1) is 0 Å². The van der Waals surface area contributed by atoms with Crippen LogP contribution in [0.25, 0.3) is 21.9 Å². The molecule has 0 radical (unpaired) electrons. The first-order valence-electron chi connectivity index (χ1n) is 11.0. The lowest BCUT2D eigenvalue weighted by Crippen LogP contribution is -2.42. The molecule has 1 aliphatic rings. The fourth-order valence-electron chi connectivity index (χ4n) is 4.61. The monoisotopic (exact) mass is 515 g/mol. The minimum atomic E-state index is -1.11. The molecule has 170 valence electrons. The van der Waals surface area contributed by atoms with E-state index in [-0.39, 0.29) is 18.9 Å². The number of fused-ring (bicyclic) bond motifs is 4. The largest absolute Gasteiger partial charge is 0.480 e. The van der Waals surface area contributed by atoms with Gasteiger partial charge in [0.05, 0.1) is 0 Å². The van der Waals surface area contributed by atoms with Gasteiger partial charge in [-0.1, -0.05) is 88.7 Å². The number of halogens is 1. The van der Waals surface area contributed by atoms with Crippen molar-refractivity contribution in [1.29, 1.82) is 0 Å². The fraction of sp³-hybridized carbons (Fsp3) is 0.143. The molecule has 0 aromatic heterocycles. The van der Waals surface area contributed by atoms with Crippen molar-refractivity contribution in [3.63, 3.8) is 0 Å². The highest BCUT2D eigenvalue weighted by molar-refractivity contribution is 9.10. The number of alkyl carbamates (subject to hydrolysis) is 1. The summed E-state index contributed by atoms with van der Waals surface area (Å²) in [6.07, 6.45) is -0.579. The van der Waals surface area contributed by atoms with E-state index in [0.717, 1.165) is 43.1 Å². The van der Waals surface area contributed by atoms with Crippen molar-refractivity contribution >= 4 is 38.8 Å². The standard InChI is InChI=1S/C28H22BrNO4/c29-20-12-11-18-13-17(9-10-19(18)15-20)14-26(27(31)32)30-28(33)34-16-25-23-7-3-1-5-21(23)22-6-2-4-8-24(22)25/h1-13,15,25-26H,14,16H2,(H,30,33)(H,31,32)/t26-/m0/s1. The molecular formula is C28H22BrNO4. The molecule has 6 heteroatoms. The first-order chi connectivity index (χ1) is 16.5. The minimum absolute atomic E-state index is 0.0822. The quantitative estimate of drug-likeness (QED) is 0.323. The Morgan fingerprint density at radius 2 is 1.50 bits per heavy atom. The third kappa shape index (κ3) is 4.41. The van der Waals surface area contributed by atoms with E-state index in [2.05, 4.69) is 33.4 Å². The smallest absolute Gasteiger partial charge is 0.407 e. The number of carbonyl (C=O) groups is 2. The van der Waals surface area contributed by atoms with Crippen LogP contribution in [-0.2, 0) is 16.0 Å². The number of hydrogen-bond acceptors (Lipinski definition) is 3. The van der Waals surface area contributed by atoms with Crippen LogP contribution in [0.2, 0.25) is 0 Å². The van der Waals surface area contributed by atoms with Gasteiger partial charge in [0.25, 0.3) is 0 Å². The molecule has 1 amide bonds. The normalized spacial score (nSPS) is 13.2. The SMILES string of the molecule is O=C(N[C@@H](Cc1ccc2cc(Br)ccc2c1)C(=O)O)OCC1c2ccccc2-c2ccccc21. The highest BCUT2D eigenvalue weighted by Gasteiger charge is 2.29. The highest BCUT2D eigenvalue weighted by Crippen LogP contribution is 2.44. The zero-order valence-corrected chi connectivity index (χ0v) is 19.8. The molecule has 0 saturated carbocycles. The molecule has 0 fully saturated rings. The van der Waals surface area contributed by atoms with E-state index in [0.29, 0.717) is 0 Å². The van der Waals surface area contributed by atoms with Crippen molar-refractivity contribution in [2.45, 2.75) is 18.4 Å². The third-order valence-corrected chi connectivity index (χ3v) is 6.73. The number of ether oxygens (including phenoxy) is 1. The van der Waals surface area contributed by atoms with Gasteiger partial charge in [0.15, 0.2) is 0 Å². The number of amides is 1. The Balaban J connectivity index is 1.27. The maximum Gasteiger partial charge on any atom is 0.407 e. The predicted molar refractivity (Wildman–Crippen MR) is 135 cm³/mol. The van der Waals surface area contributed by atoms with Gasteiger partial charge in [0.1, 0.15) is 12.6 Å². The number of carbonyl (C=O) groups excluding carboxylic acids is 1. The Hall–Kier alpha value is -3.64. The number of carboxylic acid groups (broad SMARTS) is 1. The van der Waals surface area contributed by atoms with Crippen molar-refractivity contribution < 1.29 is 19.4 Å². The molecule has 0 bridgehead atoms. The van der Waals surface area contributed by atoms with Crippen molar-refractivity contribution in [2.75, 3.05) is 6.61 Å². The van der Waals surface area contributed by atoms with Crippen LogP contribution in [0.3, 0.4) is 0 Å². The summed E-state index contributed by atoms with van der Waals surface area (Å²) in [7, 11) is 0. The summed E-state index contributed by atoms with van der Waals surface area (Å²) in [6, 6.07) is 26.7. The second kappa shape index (κ2) is 9.31. The number of benzene rings is 4. The molecule has 1 aliphatic carbocycles. The van der Waals surface area contributed by atoms with E-state index in [1.54, 1.807) is 0 Å². The van der Waals surface area contributed by atoms with E-state index >= 15 is 0 Å². The van der Waals surface area contributed by atoms with Gasteiger partial charge >= 0.3 is 12.1 Å². The van der Waals surface area contributed by atoms with Gasteiger partial charge in [-0.05, 0) is 50.7 Å². The minimum Gasteiger partial charge on any atom is -0.480 e. The maximum atomic E-state index is 12.6. The number of aliphatic carboxylic acids is 1. The Morgan fingerprint density at radius 3 is 2.18 bits per heavy atom. The highest BCUT2D eigenvalue weighted by atomic mass is 79.9. The summed E-state index contributed by atoms with van der Waals surface area (Å²) in [5, 5.41) is 14.3. The maximum absolute atomic E-state index is 12.6. The van der Waals surface area contributed by atoms with E-state index < -0.39 is 18.1 Å². The second-order valence-corrected chi connectivity index (χ2v) is 9.31. The lowest BCUT2D eigenvalue weighted by Gasteiger charge is -2.18. The van der Waals surface area contributed by atoms with Gasteiger partial charge in [-0.2, -0.15) is 0 Å². The van der Waals surface area contributed by atoms with Crippen molar-refractivity contribution in [3.05, 3.63) is 106 Å².